The summed E-state index contributed by atoms with van der Waals surface area (Å²) in [4.78, 5) is 23.1. The Balaban J connectivity index is 1.63. The van der Waals surface area contributed by atoms with Crippen LogP contribution in [0.2, 0.25) is 0 Å². The molecule has 1 aromatic heterocycles. The van der Waals surface area contributed by atoms with E-state index >= 15 is 0 Å². The number of aryl methyl sites for hydroxylation is 1. The molecule has 0 aliphatic rings. The number of aromatic nitrogens is 1. The third kappa shape index (κ3) is 5.64. The predicted molar refractivity (Wildman–Crippen MR) is 83.9 cm³/mol. The van der Waals surface area contributed by atoms with Crippen LogP contribution in [0.25, 0.3) is 0 Å². The first-order chi connectivity index (χ1) is 11.6. The van der Waals surface area contributed by atoms with Crippen LogP contribution in [0.15, 0.2) is 34.9 Å². The van der Waals surface area contributed by atoms with Gasteiger partial charge < -0.3 is 24.1 Å². The monoisotopic (exact) mass is 334 g/mol. The second-order valence-corrected chi connectivity index (χ2v) is 4.81. The second kappa shape index (κ2) is 8.56. The number of rotatable bonds is 8. The van der Waals surface area contributed by atoms with E-state index in [0.717, 1.165) is 5.75 Å². The summed E-state index contributed by atoms with van der Waals surface area (Å²) in [7, 11) is 1.58. The molecule has 0 spiro atoms. The average Bonchev–Trinajstić information content (AvgIpc) is 2.98. The number of hydrogen-bond acceptors (Lipinski definition) is 7. The van der Waals surface area contributed by atoms with Gasteiger partial charge >= 0.3 is 5.97 Å². The van der Waals surface area contributed by atoms with Crippen LogP contribution in [0.4, 0.5) is 5.82 Å². The Morgan fingerprint density at radius 2 is 1.92 bits per heavy atom. The number of hydrogen-bond donors (Lipinski definition) is 1. The molecule has 8 nitrogen and oxygen atoms in total. The van der Waals surface area contributed by atoms with Crippen LogP contribution in [0, 0.1) is 6.92 Å². The summed E-state index contributed by atoms with van der Waals surface area (Å²) in [6.45, 7) is 1.45. The van der Waals surface area contributed by atoms with E-state index in [9.17, 15) is 9.59 Å². The minimum atomic E-state index is -0.532. The quantitative estimate of drug-likeness (QED) is 0.736. The number of carbonyl (C=O) groups is 2. The van der Waals surface area contributed by atoms with Crippen molar-refractivity contribution < 1.29 is 28.3 Å². The third-order valence-corrected chi connectivity index (χ3v) is 2.89. The number of anilines is 1. The Hall–Kier alpha value is -3.03. The van der Waals surface area contributed by atoms with Crippen LogP contribution < -0.4 is 14.8 Å². The first kappa shape index (κ1) is 17.3. The van der Waals surface area contributed by atoms with Gasteiger partial charge in [-0.25, -0.2) is 0 Å². The van der Waals surface area contributed by atoms with Crippen molar-refractivity contribution in [1.29, 1.82) is 0 Å². The van der Waals surface area contributed by atoms with Gasteiger partial charge in [-0.1, -0.05) is 5.16 Å². The Morgan fingerprint density at radius 1 is 1.21 bits per heavy atom. The minimum absolute atomic E-state index is 0.0301. The number of ether oxygens (including phenoxy) is 3. The molecule has 1 heterocycles. The molecule has 128 valence electrons. The smallest absolute Gasteiger partial charge is 0.309 e. The van der Waals surface area contributed by atoms with Gasteiger partial charge in [-0.2, -0.15) is 0 Å². The maximum absolute atomic E-state index is 11.6. The van der Waals surface area contributed by atoms with E-state index in [0.29, 0.717) is 11.5 Å². The highest BCUT2D eigenvalue weighted by atomic mass is 16.5. The molecule has 24 heavy (non-hydrogen) atoms. The zero-order valence-corrected chi connectivity index (χ0v) is 13.4. The zero-order valence-electron chi connectivity index (χ0n) is 13.4. The minimum Gasteiger partial charge on any atom is -0.497 e. The molecular weight excluding hydrogens is 316 g/mol. The molecule has 0 saturated carbocycles. The lowest BCUT2D eigenvalue weighted by atomic mass is 10.3. The van der Waals surface area contributed by atoms with Gasteiger partial charge in [0.2, 0.25) is 0 Å². The molecule has 0 aliphatic carbocycles. The lowest BCUT2D eigenvalue weighted by molar-refractivity contribution is -0.147. The van der Waals surface area contributed by atoms with Crippen molar-refractivity contribution in [2.24, 2.45) is 0 Å². The van der Waals surface area contributed by atoms with Crippen molar-refractivity contribution in [3.8, 4) is 11.5 Å². The van der Waals surface area contributed by atoms with Crippen LogP contribution in [-0.4, -0.2) is 37.4 Å². The Kier molecular flexibility index (Phi) is 6.18. The number of carbonyl (C=O) groups excluding carboxylic acids is 2. The van der Waals surface area contributed by atoms with E-state index in [2.05, 4.69) is 10.5 Å². The van der Waals surface area contributed by atoms with Crippen molar-refractivity contribution in [2.45, 2.75) is 13.3 Å². The fourth-order valence-corrected chi connectivity index (χ4v) is 1.75. The molecule has 2 aromatic rings. The second-order valence-electron chi connectivity index (χ2n) is 4.81. The van der Waals surface area contributed by atoms with Crippen molar-refractivity contribution in [3.63, 3.8) is 0 Å². The predicted octanol–water partition coefficient (Wildman–Crippen LogP) is 1.94. The molecule has 0 saturated heterocycles. The van der Waals surface area contributed by atoms with Crippen LogP contribution in [0.3, 0.4) is 0 Å². The van der Waals surface area contributed by atoms with Gasteiger partial charge in [-0.3, -0.25) is 9.59 Å². The molecule has 1 aromatic carbocycles. The molecular formula is C16H18N2O6. The summed E-state index contributed by atoms with van der Waals surface area (Å²) in [6.07, 6.45) is 0.0301. The molecule has 0 aliphatic heterocycles. The van der Waals surface area contributed by atoms with E-state index in [1.54, 1.807) is 44.4 Å². The van der Waals surface area contributed by atoms with Crippen LogP contribution >= 0.6 is 0 Å². The third-order valence-electron chi connectivity index (χ3n) is 2.89. The van der Waals surface area contributed by atoms with E-state index < -0.39 is 18.5 Å². The van der Waals surface area contributed by atoms with Gasteiger partial charge in [0, 0.05) is 6.07 Å². The lowest BCUT2D eigenvalue weighted by Gasteiger charge is -2.07. The van der Waals surface area contributed by atoms with E-state index in [1.807, 2.05) is 0 Å². The summed E-state index contributed by atoms with van der Waals surface area (Å²) in [5, 5.41) is 6.05. The highest BCUT2D eigenvalue weighted by Gasteiger charge is 2.10. The van der Waals surface area contributed by atoms with Crippen LogP contribution in [0.1, 0.15) is 12.2 Å². The molecule has 1 amide bonds. The van der Waals surface area contributed by atoms with Crippen LogP contribution in [-0.2, 0) is 14.3 Å². The molecule has 0 fully saturated rings. The average molecular weight is 334 g/mol. The van der Waals surface area contributed by atoms with E-state index in [1.165, 1.54) is 0 Å². The van der Waals surface area contributed by atoms with Crippen LogP contribution in [0.5, 0.6) is 11.5 Å². The van der Waals surface area contributed by atoms with Crippen molar-refractivity contribution >= 4 is 17.7 Å². The molecule has 0 unspecified atom stereocenters. The van der Waals surface area contributed by atoms with Gasteiger partial charge in [-0.05, 0) is 31.2 Å². The van der Waals surface area contributed by atoms with Gasteiger partial charge in [-0.15, -0.1) is 0 Å². The first-order valence-electron chi connectivity index (χ1n) is 7.22. The number of esters is 1. The molecule has 0 atom stereocenters. The highest BCUT2D eigenvalue weighted by molar-refractivity contribution is 5.91. The summed E-state index contributed by atoms with van der Waals surface area (Å²) in [5.74, 6) is 1.15. The van der Waals surface area contributed by atoms with Gasteiger partial charge in [0.1, 0.15) is 17.3 Å². The molecule has 0 radical (unpaired) electrons. The van der Waals surface area contributed by atoms with Gasteiger partial charge in [0.15, 0.2) is 12.4 Å². The Bertz CT molecular complexity index is 680. The zero-order chi connectivity index (χ0) is 17.4. The number of benzene rings is 1. The maximum Gasteiger partial charge on any atom is 0.309 e. The largest absolute Gasteiger partial charge is 0.497 e. The summed E-state index contributed by atoms with van der Waals surface area (Å²) in [5.41, 5.74) is 0. The Labute approximate surface area is 138 Å². The fraction of sp³-hybridized carbons (Fsp3) is 0.312. The lowest BCUT2D eigenvalue weighted by Crippen LogP contribution is -2.21. The fourth-order valence-electron chi connectivity index (χ4n) is 1.75. The molecule has 0 bridgehead atoms. The normalized spacial score (nSPS) is 10.1. The van der Waals surface area contributed by atoms with E-state index in [-0.39, 0.29) is 18.8 Å². The SMILES string of the molecule is COc1ccc(OCCC(=O)OCC(=O)Nc2cc(C)on2)cc1. The Morgan fingerprint density at radius 3 is 2.54 bits per heavy atom. The van der Waals surface area contributed by atoms with Crippen molar-refractivity contribution in [3.05, 3.63) is 36.1 Å². The number of methoxy groups -OCH3 is 1. The van der Waals surface area contributed by atoms with Crippen molar-refractivity contribution in [1.82, 2.24) is 5.16 Å². The molecule has 2 rings (SSSR count). The summed E-state index contributed by atoms with van der Waals surface area (Å²) < 4.78 is 20.1. The highest BCUT2D eigenvalue weighted by Crippen LogP contribution is 2.17. The maximum atomic E-state index is 11.6. The number of nitrogens with one attached hydrogen (secondary N) is 1. The molecule has 8 heteroatoms. The van der Waals surface area contributed by atoms with Crippen molar-refractivity contribution in [2.75, 3.05) is 25.6 Å². The molecule has 1 N–H and O–H groups in total. The number of nitrogens with zero attached hydrogens (tertiary/aromatic N) is 1. The van der Waals surface area contributed by atoms with E-state index in [4.69, 9.17) is 18.7 Å². The first-order valence-corrected chi connectivity index (χ1v) is 7.22. The topological polar surface area (TPSA) is 99.9 Å². The standard InChI is InChI=1S/C16H18N2O6/c1-11-9-14(18-24-11)17-15(19)10-23-16(20)7-8-22-13-5-3-12(21-2)4-6-13/h3-6,9H,7-8,10H2,1-2H3,(H,17,18,19). The summed E-state index contributed by atoms with van der Waals surface area (Å²) >= 11 is 0. The van der Waals surface area contributed by atoms with Gasteiger partial charge in [0.05, 0.1) is 20.1 Å². The summed E-state index contributed by atoms with van der Waals surface area (Å²) in [6, 6.07) is 8.53. The number of amides is 1. The van der Waals surface area contributed by atoms with Gasteiger partial charge in [0.25, 0.3) is 5.91 Å².